The first kappa shape index (κ1) is 16.2. The number of alkyl halides is 2. The minimum absolute atomic E-state index is 0.126. The van der Waals surface area contributed by atoms with Crippen molar-refractivity contribution in [3.05, 3.63) is 23.9 Å². The van der Waals surface area contributed by atoms with Crippen LogP contribution in [0.3, 0.4) is 0 Å². The summed E-state index contributed by atoms with van der Waals surface area (Å²) >= 11 is 1.65. The number of hydrogen-bond donors (Lipinski definition) is 1. The number of rotatable bonds is 6. The standard InChI is InChI=1S/C13H20F2N2OS/c1-9(17-19-13(2,3)4)10-5-6-12(16-7-10)18-8-11(14)15/h5-7,9,11,17H,8H2,1-4H3. The van der Waals surface area contributed by atoms with E-state index in [1.165, 1.54) is 0 Å². The third-order valence-electron chi connectivity index (χ3n) is 2.16. The molecule has 1 aromatic rings. The minimum Gasteiger partial charge on any atom is -0.472 e. The Balaban J connectivity index is 2.51. The van der Waals surface area contributed by atoms with Crippen molar-refractivity contribution in [2.45, 2.75) is 44.9 Å². The Morgan fingerprint density at radius 3 is 2.53 bits per heavy atom. The molecule has 1 aromatic heterocycles. The lowest BCUT2D eigenvalue weighted by atomic mass is 10.2. The molecule has 1 unspecified atom stereocenters. The highest BCUT2D eigenvalue weighted by molar-refractivity contribution is 7.98. The quantitative estimate of drug-likeness (QED) is 0.808. The van der Waals surface area contributed by atoms with Crippen LogP contribution in [0.25, 0.3) is 0 Å². The van der Waals surface area contributed by atoms with Crippen molar-refractivity contribution in [3.63, 3.8) is 0 Å². The van der Waals surface area contributed by atoms with Crippen molar-refractivity contribution in [1.82, 2.24) is 9.71 Å². The summed E-state index contributed by atoms with van der Waals surface area (Å²) in [6.45, 7) is 7.76. The molecule has 0 aliphatic heterocycles. The molecule has 0 fully saturated rings. The second kappa shape index (κ2) is 7.05. The van der Waals surface area contributed by atoms with Gasteiger partial charge in [0, 0.05) is 23.1 Å². The fraction of sp³-hybridized carbons (Fsp3) is 0.615. The summed E-state index contributed by atoms with van der Waals surface area (Å²) in [5, 5.41) is 0. The van der Waals surface area contributed by atoms with Crippen molar-refractivity contribution in [2.24, 2.45) is 0 Å². The van der Waals surface area contributed by atoms with Gasteiger partial charge in [0.15, 0.2) is 6.61 Å². The molecule has 0 aromatic carbocycles. The molecule has 0 amide bonds. The van der Waals surface area contributed by atoms with E-state index in [9.17, 15) is 8.78 Å². The monoisotopic (exact) mass is 290 g/mol. The van der Waals surface area contributed by atoms with Gasteiger partial charge in [-0.15, -0.1) is 0 Å². The summed E-state index contributed by atoms with van der Waals surface area (Å²) in [5.74, 6) is 0.222. The van der Waals surface area contributed by atoms with Crippen molar-refractivity contribution in [1.29, 1.82) is 0 Å². The molecule has 0 spiro atoms. The maximum atomic E-state index is 12.0. The Labute approximate surface area is 117 Å². The van der Waals surface area contributed by atoms with E-state index in [-0.39, 0.29) is 16.7 Å². The molecule has 0 radical (unpaired) electrons. The van der Waals surface area contributed by atoms with E-state index in [0.717, 1.165) is 5.56 Å². The molecule has 3 nitrogen and oxygen atoms in total. The largest absolute Gasteiger partial charge is 0.472 e. The molecule has 1 rings (SSSR count). The number of pyridine rings is 1. The van der Waals surface area contributed by atoms with E-state index in [4.69, 9.17) is 4.74 Å². The van der Waals surface area contributed by atoms with E-state index >= 15 is 0 Å². The summed E-state index contributed by atoms with van der Waals surface area (Å²) in [4.78, 5) is 4.01. The third-order valence-corrected chi connectivity index (χ3v) is 3.24. The molecule has 108 valence electrons. The average Bonchev–Trinajstić information content (AvgIpc) is 2.33. The second-order valence-electron chi connectivity index (χ2n) is 5.19. The maximum absolute atomic E-state index is 12.0. The van der Waals surface area contributed by atoms with Gasteiger partial charge in [-0.3, -0.25) is 4.72 Å². The molecule has 1 heterocycles. The average molecular weight is 290 g/mol. The maximum Gasteiger partial charge on any atom is 0.272 e. The number of hydrogen-bond acceptors (Lipinski definition) is 4. The molecule has 1 atom stereocenters. The van der Waals surface area contributed by atoms with Gasteiger partial charge < -0.3 is 4.74 Å². The number of nitrogens with zero attached hydrogens (tertiary/aromatic N) is 1. The Morgan fingerprint density at radius 2 is 2.05 bits per heavy atom. The molecular weight excluding hydrogens is 270 g/mol. The lowest BCUT2D eigenvalue weighted by molar-refractivity contribution is 0.0796. The van der Waals surface area contributed by atoms with Crippen LogP contribution in [-0.2, 0) is 0 Å². The van der Waals surface area contributed by atoms with Crippen molar-refractivity contribution >= 4 is 11.9 Å². The first-order valence-electron chi connectivity index (χ1n) is 6.08. The van der Waals surface area contributed by atoms with Gasteiger partial charge >= 0.3 is 0 Å². The molecule has 1 N–H and O–H groups in total. The Kier molecular flexibility index (Phi) is 6.00. The molecule has 0 aliphatic rings. The lowest BCUT2D eigenvalue weighted by Crippen LogP contribution is -2.20. The van der Waals surface area contributed by atoms with Gasteiger partial charge in [0.25, 0.3) is 6.43 Å². The van der Waals surface area contributed by atoms with Crippen LogP contribution in [0.4, 0.5) is 8.78 Å². The van der Waals surface area contributed by atoms with Crippen LogP contribution >= 0.6 is 11.9 Å². The minimum atomic E-state index is -2.48. The van der Waals surface area contributed by atoms with E-state index in [2.05, 4.69) is 30.5 Å². The van der Waals surface area contributed by atoms with Crippen LogP contribution in [0.1, 0.15) is 39.3 Å². The number of halogens is 2. The lowest BCUT2D eigenvalue weighted by Gasteiger charge is -2.21. The van der Waals surface area contributed by atoms with Crippen LogP contribution < -0.4 is 9.46 Å². The van der Waals surface area contributed by atoms with Gasteiger partial charge in [0.1, 0.15) is 0 Å². The predicted octanol–water partition coefficient (Wildman–Crippen LogP) is 3.82. The molecule has 0 saturated heterocycles. The second-order valence-corrected chi connectivity index (χ2v) is 6.85. The highest BCUT2D eigenvalue weighted by Crippen LogP contribution is 2.24. The van der Waals surface area contributed by atoms with E-state index in [1.807, 2.05) is 13.0 Å². The fourth-order valence-corrected chi connectivity index (χ4v) is 1.88. The normalized spacial score (nSPS) is 13.6. The molecular formula is C13H20F2N2OS. The van der Waals surface area contributed by atoms with Crippen LogP contribution in [-0.4, -0.2) is 22.8 Å². The van der Waals surface area contributed by atoms with Crippen LogP contribution in [0, 0.1) is 0 Å². The smallest absolute Gasteiger partial charge is 0.272 e. The van der Waals surface area contributed by atoms with Gasteiger partial charge in [-0.25, -0.2) is 13.8 Å². The summed E-state index contributed by atoms with van der Waals surface area (Å²) in [7, 11) is 0. The van der Waals surface area contributed by atoms with Crippen LogP contribution in [0.15, 0.2) is 18.3 Å². The van der Waals surface area contributed by atoms with Crippen LogP contribution in [0.2, 0.25) is 0 Å². The topological polar surface area (TPSA) is 34.1 Å². The summed E-state index contributed by atoms with van der Waals surface area (Å²) < 4.78 is 32.2. The number of ether oxygens (including phenoxy) is 1. The number of aromatic nitrogens is 1. The van der Waals surface area contributed by atoms with E-state index in [0.29, 0.717) is 0 Å². The Hall–Kier alpha value is -0.880. The van der Waals surface area contributed by atoms with Gasteiger partial charge in [-0.1, -0.05) is 18.0 Å². The van der Waals surface area contributed by atoms with Gasteiger partial charge in [-0.2, -0.15) is 0 Å². The third kappa shape index (κ3) is 6.73. The van der Waals surface area contributed by atoms with Crippen molar-refractivity contribution < 1.29 is 13.5 Å². The SMILES string of the molecule is CC(NSC(C)(C)C)c1ccc(OCC(F)F)nc1. The summed E-state index contributed by atoms with van der Waals surface area (Å²) in [6, 6.07) is 3.56. The van der Waals surface area contributed by atoms with E-state index in [1.54, 1.807) is 24.2 Å². The van der Waals surface area contributed by atoms with Gasteiger partial charge in [0.05, 0.1) is 0 Å². The zero-order chi connectivity index (χ0) is 14.5. The van der Waals surface area contributed by atoms with Gasteiger partial charge in [-0.05, 0) is 33.3 Å². The zero-order valence-electron chi connectivity index (χ0n) is 11.6. The fourth-order valence-electron chi connectivity index (χ4n) is 1.21. The molecule has 6 heteroatoms. The first-order chi connectivity index (χ1) is 8.78. The highest BCUT2D eigenvalue weighted by Gasteiger charge is 2.14. The van der Waals surface area contributed by atoms with E-state index < -0.39 is 13.0 Å². The first-order valence-corrected chi connectivity index (χ1v) is 6.90. The summed E-state index contributed by atoms with van der Waals surface area (Å²) in [6.07, 6.45) is -0.841. The zero-order valence-corrected chi connectivity index (χ0v) is 12.4. The Bertz CT molecular complexity index is 379. The predicted molar refractivity (Wildman–Crippen MR) is 74.6 cm³/mol. The molecule has 0 bridgehead atoms. The molecule has 0 aliphatic carbocycles. The molecule has 19 heavy (non-hydrogen) atoms. The van der Waals surface area contributed by atoms with Crippen molar-refractivity contribution in [2.75, 3.05) is 6.61 Å². The van der Waals surface area contributed by atoms with Crippen LogP contribution in [0.5, 0.6) is 5.88 Å². The highest BCUT2D eigenvalue weighted by atomic mass is 32.2. The molecule has 0 saturated carbocycles. The Morgan fingerprint density at radius 1 is 1.37 bits per heavy atom. The number of nitrogens with one attached hydrogen (secondary N) is 1. The van der Waals surface area contributed by atoms with Crippen molar-refractivity contribution in [3.8, 4) is 5.88 Å². The van der Waals surface area contributed by atoms with Gasteiger partial charge in [0.2, 0.25) is 5.88 Å². The summed E-state index contributed by atoms with van der Waals surface area (Å²) in [5.41, 5.74) is 0.987.